The second kappa shape index (κ2) is 6.17. The Morgan fingerprint density at radius 3 is 2.50 bits per heavy atom. The molecule has 2 heterocycles. The third kappa shape index (κ3) is 2.32. The van der Waals surface area contributed by atoms with E-state index < -0.39 is 0 Å². The lowest BCUT2D eigenvalue weighted by Gasteiger charge is -2.49. The quantitative estimate of drug-likeness (QED) is 0.779. The van der Waals surface area contributed by atoms with E-state index in [1.807, 2.05) is 0 Å². The van der Waals surface area contributed by atoms with E-state index in [-0.39, 0.29) is 15.5 Å². The maximum absolute atomic E-state index is 12.7. The molecule has 0 aliphatic carbocycles. The highest BCUT2D eigenvalue weighted by Gasteiger charge is 2.61. The van der Waals surface area contributed by atoms with Crippen molar-refractivity contribution in [3.05, 3.63) is 23.3 Å². The van der Waals surface area contributed by atoms with Gasteiger partial charge in [-0.1, -0.05) is 31.5 Å². The maximum Gasteiger partial charge on any atom is 0.283 e. The van der Waals surface area contributed by atoms with Crippen LogP contribution in [0.2, 0.25) is 0 Å². The minimum absolute atomic E-state index is 0.173. The molecule has 1 amide bonds. The monoisotopic (exact) mass is 349 g/mol. The predicted octanol–water partition coefficient (Wildman–Crippen LogP) is 4.59. The molecule has 4 nitrogen and oxygen atoms in total. The Morgan fingerprint density at radius 2 is 1.88 bits per heavy atom. The molecule has 1 unspecified atom stereocenters. The molecule has 0 radical (unpaired) electrons. The number of ether oxygens (including phenoxy) is 2. The molecule has 1 saturated heterocycles. The van der Waals surface area contributed by atoms with E-state index in [9.17, 15) is 4.79 Å². The summed E-state index contributed by atoms with van der Waals surface area (Å²) in [7, 11) is 3.34. The van der Waals surface area contributed by atoms with E-state index in [1.54, 1.807) is 14.2 Å². The van der Waals surface area contributed by atoms with Crippen LogP contribution in [-0.4, -0.2) is 35.7 Å². The van der Waals surface area contributed by atoms with Crippen molar-refractivity contribution in [1.29, 1.82) is 0 Å². The van der Waals surface area contributed by atoms with Gasteiger partial charge in [-0.3, -0.25) is 4.79 Å². The number of methoxy groups -OCH3 is 2. The van der Waals surface area contributed by atoms with Crippen LogP contribution in [0.1, 0.15) is 51.2 Å². The molecular weight excluding hydrogens is 322 g/mol. The van der Waals surface area contributed by atoms with E-state index in [0.717, 1.165) is 43.7 Å². The van der Waals surface area contributed by atoms with Gasteiger partial charge in [0.25, 0.3) is 5.24 Å². The van der Waals surface area contributed by atoms with Gasteiger partial charge in [-0.15, -0.1) is 0 Å². The summed E-state index contributed by atoms with van der Waals surface area (Å²) in [6.45, 7) is 7.39. The fourth-order valence-electron chi connectivity index (χ4n) is 4.34. The summed E-state index contributed by atoms with van der Waals surface area (Å²) < 4.78 is 10.9. The maximum atomic E-state index is 12.7. The Hall–Kier alpha value is -1.36. The first-order chi connectivity index (χ1) is 11.4. The van der Waals surface area contributed by atoms with Crippen LogP contribution in [0.15, 0.2) is 12.1 Å². The average molecular weight is 349 g/mol. The van der Waals surface area contributed by atoms with Gasteiger partial charge in [-0.2, -0.15) is 0 Å². The Balaban J connectivity index is 2.23. The van der Waals surface area contributed by atoms with Gasteiger partial charge in [0, 0.05) is 11.3 Å². The van der Waals surface area contributed by atoms with E-state index in [4.69, 9.17) is 9.47 Å². The molecular formula is C19H27NO3S. The number of fused-ring (bicyclic) bond motifs is 3. The Labute approximate surface area is 148 Å². The van der Waals surface area contributed by atoms with Crippen LogP contribution in [0.3, 0.4) is 0 Å². The van der Waals surface area contributed by atoms with Gasteiger partial charge in [-0.05, 0) is 49.9 Å². The normalized spacial score (nSPS) is 24.5. The van der Waals surface area contributed by atoms with Crippen molar-refractivity contribution in [1.82, 2.24) is 4.90 Å². The van der Waals surface area contributed by atoms with Crippen LogP contribution in [0.4, 0.5) is 4.79 Å². The summed E-state index contributed by atoms with van der Waals surface area (Å²) >= 11 is 1.48. The Bertz CT molecular complexity index is 658. The molecule has 132 valence electrons. The van der Waals surface area contributed by atoms with Gasteiger partial charge < -0.3 is 14.4 Å². The zero-order valence-electron chi connectivity index (χ0n) is 15.3. The first-order valence-electron chi connectivity index (χ1n) is 8.67. The summed E-state index contributed by atoms with van der Waals surface area (Å²) in [6.07, 6.45) is 4.07. The van der Waals surface area contributed by atoms with Gasteiger partial charge in [0.15, 0.2) is 11.5 Å². The lowest BCUT2D eigenvalue weighted by molar-refractivity contribution is 0.0909. The minimum Gasteiger partial charge on any atom is -0.493 e. The third-order valence-corrected chi connectivity index (χ3v) is 6.81. The van der Waals surface area contributed by atoms with E-state index in [0.29, 0.717) is 0 Å². The molecule has 2 aliphatic rings. The smallest absolute Gasteiger partial charge is 0.283 e. The fraction of sp³-hybridized carbons (Fsp3) is 0.632. The van der Waals surface area contributed by atoms with Crippen molar-refractivity contribution in [3.63, 3.8) is 0 Å². The van der Waals surface area contributed by atoms with Crippen molar-refractivity contribution in [2.24, 2.45) is 0 Å². The van der Waals surface area contributed by atoms with E-state index in [1.165, 1.54) is 22.9 Å². The highest BCUT2D eigenvalue weighted by atomic mass is 32.2. The van der Waals surface area contributed by atoms with Crippen LogP contribution in [0.25, 0.3) is 0 Å². The summed E-state index contributed by atoms with van der Waals surface area (Å²) in [5.74, 6) is 1.51. The molecule has 1 fully saturated rings. The SMILES string of the molecule is CCCCC12c3cc(OC)c(OC)cc3CCN1C(=O)SC2(C)C. The van der Waals surface area contributed by atoms with Crippen LogP contribution in [0, 0.1) is 0 Å². The zero-order chi connectivity index (χ0) is 17.5. The van der Waals surface area contributed by atoms with Gasteiger partial charge in [-0.25, -0.2) is 0 Å². The van der Waals surface area contributed by atoms with Gasteiger partial charge in [0.2, 0.25) is 0 Å². The number of rotatable bonds is 5. The van der Waals surface area contributed by atoms with Gasteiger partial charge >= 0.3 is 0 Å². The average Bonchev–Trinajstić information content (AvgIpc) is 2.77. The second-order valence-electron chi connectivity index (χ2n) is 7.11. The van der Waals surface area contributed by atoms with E-state index >= 15 is 0 Å². The molecule has 0 saturated carbocycles. The lowest BCUT2D eigenvalue weighted by atomic mass is 9.70. The largest absolute Gasteiger partial charge is 0.493 e. The lowest BCUT2D eigenvalue weighted by Crippen LogP contribution is -2.55. The number of amides is 1. The summed E-state index contributed by atoms with van der Waals surface area (Å²) in [4.78, 5) is 14.8. The number of unbranched alkanes of at least 4 members (excludes halogenated alkanes) is 1. The van der Waals surface area contributed by atoms with Crippen molar-refractivity contribution < 1.29 is 14.3 Å². The van der Waals surface area contributed by atoms with Crippen LogP contribution in [0.5, 0.6) is 11.5 Å². The Morgan fingerprint density at radius 1 is 1.21 bits per heavy atom. The zero-order valence-corrected chi connectivity index (χ0v) is 16.1. The molecule has 0 aromatic heterocycles. The highest BCUT2D eigenvalue weighted by molar-refractivity contribution is 8.15. The van der Waals surface area contributed by atoms with Crippen molar-refractivity contribution in [3.8, 4) is 11.5 Å². The molecule has 1 aromatic rings. The number of thioether (sulfide) groups is 1. The second-order valence-corrected chi connectivity index (χ2v) is 8.68. The van der Waals surface area contributed by atoms with Gasteiger partial charge in [0.1, 0.15) is 0 Å². The number of carbonyl (C=O) groups excluding carboxylic acids is 1. The molecule has 2 aliphatic heterocycles. The molecule has 24 heavy (non-hydrogen) atoms. The highest BCUT2D eigenvalue weighted by Crippen LogP contribution is 2.59. The minimum atomic E-state index is -0.266. The molecule has 1 atom stereocenters. The topological polar surface area (TPSA) is 38.8 Å². The molecule has 0 spiro atoms. The third-order valence-electron chi connectivity index (χ3n) is 5.57. The van der Waals surface area contributed by atoms with E-state index in [2.05, 4.69) is 37.8 Å². The van der Waals surface area contributed by atoms with Crippen LogP contribution >= 0.6 is 11.8 Å². The Kier molecular flexibility index (Phi) is 4.49. The van der Waals surface area contributed by atoms with Crippen molar-refractivity contribution in [2.75, 3.05) is 20.8 Å². The standard InChI is InChI=1S/C19H27NO3S/c1-6-7-9-19-14-12-16(23-5)15(22-4)11-13(14)8-10-20(19)17(21)24-18(19,2)3/h11-12H,6-10H2,1-5H3. The first-order valence-corrected chi connectivity index (χ1v) is 9.49. The van der Waals surface area contributed by atoms with Crippen LogP contribution in [-0.2, 0) is 12.0 Å². The van der Waals surface area contributed by atoms with Gasteiger partial charge in [0.05, 0.1) is 19.8 Å². The fourth-order valence-corrected chi connectivity index (χ4v) is 5.62. The number of hydrogen-bond acceptors (Lipinski definition) is 4. The summed E-state index contributed by atoms with van der Waals surface area (Å²) in [5.41, 5.74) is 2.25. The van der Waals surface area contributed by atoms with Crippen molar-refractivity contribution >= 4 is 17.0 Å². The van der Waals surface area contributed by atoms with Crippen molar-refractivity contribution in [2.45, 2.75) is 56.7 Å². The molecule has 0 bridgehead atoms. The number of nitrogens with zero attached hydrogens (tertiary/aromatic N) is 1. The molecule has 1 aromatic carbocycles. The predicted molar refractivity (Wildman–Crippen MR) is 98.2 cm³/mol. The number of benzene rings is 1. The number of hydrogen-bond donors (Lipinski definition) is 0. The number of carbonyl (C=O) groups is 1. The summed E-state index contributed by atoms with van der Waals surface area (Å²) in [6, 6.07) is 4.21. The molecule has 3 rings (SSSR count). The molecule has 0 N–H and O–H groups in total. The molecule has 5 heteroatoms. The summed E-state index contributed by atoms with van der Waals surface area (Å²) in [5, 5.41) is 0.205. The van der Waals surface area contributed by atoms with Crippen LogP contribution < -0.4 is 9.47 Å². The first kappa shape index (κ1) is 17.5.